The molecule has 0 aliphatic heterocycles. The summed E-state index contributed by atoms with van der Waals surface area (Å²) in [7, 11) is -3.70. The van der Waals surface area contributed by atoms with Crippen molar-refractivity contribution in [3.8, 4) is 0 Å². The fourth-order valence-electron chi connectivity index (χ4n) is 2.87. The summed E-state index contributed by atoms with van der Waals surface area (Å²) in [6.07, 6.45) is 0. The smallest absolute Gasteiger partial charge is 0.261 e. The zero-order chi connectivity index (χ0) is 21.2. The van der Waals surface area contributed by atoms with Crippen molar-refractivity contribution >= 4 is 27.3 Å². The average Bonchev–Trinajstić information content (AvgIpc) is 2.67. The molecule has 2 N–H and O–H groups in total. The Morgan fingerprint density at radius 1 is 0.793 bits per heavy atom. The lowest BCUT2D eigenvalue weighted by atomic mass is 10.1. The molecule has 5 nitrogen and oxygen atoms in total. The minimum atomic E-state index is -3.70. The molecule has 0 radical (unpaired) electrons. The van der Waals surface area contributed by atoms with Gasteiger partial charge in [0.1, 0.15) is 0 Å². The second kappa shape index (κ2) is 8.09. The summed E-state index contributed by atoms with van der Waals surface area (Å²) in [5.41, 5.74) is 5.65. The van der Waals surface area contributed by atoms with Gasteiger partial charge in [-0.15, -0.1) is 0 Å². The first-order valence-electron chi connectivity index (χ1n) is 9.25. The lowest BCUT2D eigenvalue weighted by molar-refractivity contribution is 0.102. The molecule has 0 atom stereocenters. The Morgan fingerprint density at radius 2 is 1.48 bits per heavy atom. The van der Waals surface area contributed by atoms with Gasteiger partial charge in [0, 0.05) is 16.9 Å². The third-order valence-electron chi connectivity index (χ3n) is 5.04. The van der Waals surface area contributed by atoms with Crippen molar-refractivity contribution in [2.75, 3.05) is 10.0 Å². The molecule has 3 aromatic carbocycles. The van der Waals surface area contributed by atoms with Gasteiger partial charge in [0.05, 0.1) is 4.90 Å². The predicted octanol–water partition coefficient (Wildman–Crippen LogP) is 4.97. The van der Waals surface area contributed by atoms with E-state index in [0.29, 0.717) is 11.3 Å². The van der Waals surface area contributed by atoms with Crippen LogP contribution in [0.4, 0.5) is 11.4 Å². The Balaban J connectivity index is 1.75. The van der Waals surface area contributed by atoms with Gasteiger partial charge in [0.25, 0.3) is 15.9 Å². The molecule has 29 heavy (non-hydrogen) atoms. The molecule has 0 aliphatic rings. The predicted molar refractivity (Wildman–Crippen MR) is 117 cm³/mol. The summed E-state index contributed by atoms with van der Waals surface area (Å²) in [5.74, 6) is -0.248. The number of sulfonamides is 1. The zero-order valence-corrected chi connectivity index (χ0v) is 17.7. The first kappa shape index (κ1) is 20.6. The van der Waals surface area contributed by atoms with Crippen LogP contribution in [0, 0.1) is 27.7 Å². The molecule has 0 spiro atoms. The zero-order valence-electron chi connectivity index (χ0n) is 16.9. The molecular formula is C23H24N2O3S. The Morgan fingerprint density at radius 3 is 2.14 bits per heavy atom. The van der Waals surface area contributed by atoms with Gasteiger partial charge in [0.15, 0.2) is 0 Å². The van der Waals surface area contributed by atoms with Crippen LogP contribution in [-0.2, 0) is 10.0 Å². The number of nitrogens with one attached hydrogen (secondary N) is 2. The fraction of sp³-hybridized carbons (Fsp3) is 0.174. The highest BCUT2D eigenvalue weighted by Crippen LogP contribution is 2.21. The van der Waals surface area contributed by atoms with E-state index in [-0.39, 0.29) is 10.8 Å². The molecule has 0 fully saturated rings. The van der Waals surface area contributed by atoms with Crippen LogP contribution in [0.3, 0.4) is 0 Å². The Labute approximate surface area is 171 Å². The molecule has 0 bridgehead atoms. The standard InChI is InChI=1S/C23H24N2O3S/c1-15-8-13-21(14-17(15)3)29(27,28)25-20-11-9-19(10-12-20)23(26)24-22-7-5-6-16(2)18(22)4/h5-14,25H,1-4H3,(H,24,26). The van der Waals surface area contributed by atoms with Crippen molar-refractivity contribution in [2.45, 2.75) is 32.6 Å². The number of carbonyl (C=O) groups excluding carboxylic acids is 1. The molecule has 0 aliphatic carbocycles. The summed E-state index contributed by atoms with van der Waals surface area (Å²) in [6.45, 7) is 7.75. The Bertz CT molecular complexity index is 1170. The van der Waals surface area contributed by atoms with Crippen LogP contribution >= 0.6 is 0 Å². The largest absolute Gasteiger partial charge is 0.322 e. The Kier molecular flexibility index (Phi) is 5.75. The third kappa shape index (κ3) is 4.66. The first-order chi connectivity index (χ1) is 13.7. The van der Waals surface area contributed by atoms with Crippen LogP contribution in [0.1, 0.15) is 32.6 Å². The molecule has 0 unspecified atom stereocenters. The van der Waals surface area contributed by atoms with E-state index in [0.717, 1.165) is 27.9 Å². The minimum absolute atomic E-state index is 0.206. The van der Waals surface area contributed by atoms with Gasteiger partial charge in [-0.1, -0.05) is 18.2 Å². The topological polar surface area (TPSA) is 75.3 Å². The maximum atomic E-state index is 12.6. The molecule has 150 valence electrons. The van der Waals surface area contributed by atoms with Gasteiger partial charge in [-0.05, 0) is 92.4 Å². The number of anilines is 2. The molecule has 0 aromatic heterocycles. The van der Waals surface area contributed by atoms with Crippen molar-refractivity contribution in [1.29, 1.82) is 0 Å². The SMILES string of the molecule is Cc1ccc(S(=O)(=O)Nc2ccc(C(=O)Nc3cccc(C)c3C)cc2)cc1C. The van der Waals surface area contributed by atoms with Crippen molar-refractivity contribution in [2.24, 2.45) is 0 Å². The van der Waals surface area contributed by atoms with E-state index in [2.05, 4.69) is 10.0 Å². The third-order valence-corrected chi connectivity index (χ3v) is 6.42. The first-order valence-corrected chi connectivity index (χ1v) is 10.7. The number of rotatable bonds is 5. The summed E-state index contributed by atoms with van der Waals surface area (Å²) >= 11 is 0. The van der Waals surface area contributed by atoms with Crippen LogP contribution < -0.4 is 10.0 Å². The monoisotopic (exact) mass is 408 g/mol. The minimum Gasteiger partial charge on any atom is -0.322 e. The molecule has 0 saturated carbocycles. The number of aryl methyl sites for hydroxylation is 3. The van der Waals surface area contributed by atoms with Gasteiger partial charge in [-0.2, -0.15) is 0 Å². The van der Waals surface area contributed by atoms with Gasteiger partial charge in [-0.25, -0.2) is 8.42 Å². The van der Waals surface area contributed by atoms with E-state index >= 15 is 0 Å². The Hall–Kier alpha value is -3.12. The van der Waals surface area contributed by atoms with E-state index in [1.165, 1.54) is 0 Å². The summed E-state index contributed by atoms with van der Waals surface area (Å²) in [5, 5.41) is 2.89. The van der Waals surface area contributed by atoms with Crippen molar-refractivity contribution < 1.29 is 13.2 Å². The van der Waals surface area contributed by atoms with E-state index in [4.69, 9.17) is 0 Å². The number of hydrogen-bond donors (Lipinski definition) is 2. The lowest BCUT2D eigenvalue weighted by Crippen LogP contribution is -2.15. The number of amides is 1. The van der Waals surface area contributed by atoms with Gasteiger partial charge >= 0.3 is 0 Å². The van der Waals surface area contributed by atoms with Gasteiger partial charge in [0.2, 0.25) is 0 Å². The van der Waals surface area contributed by atoms with Crippen molar-refractivity contribution in [3.63, 3.8) is 0 Å². The van der Waals surface area contributed by atoms with E-state index in [1.54, 1.807) is 42.5 Å². The van der Waals surface area contributed by atoms with Gasteiger partial charge < -0.3 is 5.32 Å². The molecule has 1 amide bonds. The summed E-state index contributed by atoms with van der Waals surface area (Å²) in [6, 6.07) is 17.1. The van der Waals surface area contributed by atoms with E-state index in [1.807, 2.05) is 45.9 Å². The van der Waals surface area contributed by atoms with E-state index < -0.39 is 10.0 Å². The lowest BCUT2D eigenvalue weighted by Gasteiger charge is -2.12. The second-order valence-electron chi connectivity index (χ2n) is 7.13. The van der Waals surface area contributed by atoms with E-state index in [9.17, 15) is 13.2 Å². The van der Waals surface area contributed by atoms with Crippen LogP contribution in [0.5, 0.6) is 0 Å². The maximum absolute atomic E-state index is 12.6. The molecule has 3 aromatic rings. The summed E-state index contributed by atoms with van der Waals surface area (Å²) < 4.78 is 27.8. The quantitative estimate of drug-likeness (QED) is 0.626. The highest BCUT2D eigenvalue weighted by molar-refractivity contribution is 7.92. The van der Waals surface area contributed by atoms with Crippen molar-refractivity contribution in [3.05, 3.63) is 88.5 Å². The molecule has 0 heterocycles. The van der Waals surface area contributed by atoms with Crippen LogP contribution in [0.25, 0.3) is 0 Å². The maximum Gasteiger partial charge on any atom is 0.261 e. The highest BCUT2D eigenvalue weighted by Gasteiger charge is 2.15. The number of hydrogen-bond acceptors (Lipinski definition) is 3. The molecule has 6 heteroatoms. The van der Waals surface area contributed by atoms with Crippen LogP contribution in [-0.4, -0.2) is 14.3 Å². The van der Waals surface area contributed by atoms with Crippen molar-refractivity contribution in [1.82, 2.24) is 0 Å². The number of benzene rings is 3. The van der Waals surface area contributed by atoms with Gasteiger partial charge in [-0.3, -0.25) is 9.52 Å². The molecular weight excluding hydrogens is 384 g/mol. The molecule has 3 rings (SSSR count). The second-order valence-corrected chi connectivity index (χ2v) is 8.81. The molecule has 0 saturated heterocycles. The fourth-order valence-corrected chi connectivity index (χ4v) is 4.01. The normalized spacial score (nSPS) is 11.2. The highest BCUT2D eigenvalue weighted by atomic mass is 32.2. The summed E-state index contributed by atoms with van der Waals surface area (Å²) in [4.78, 5) is 12.7. The van der Waals surface area contributed by atoms with Crippen LogP contribution in [0.15, 0.2) is 65.6 Å². The number of carbonyl (C=O) groups is 1. The average molecular weight is 409 g/mol. The van der Waals surface area contributed by atoms with Crippen LogP contribution in [0.2, 0.25) is 0 Å².